The minimum Gasteiger partial charge on any atom is -0.369 e. The van der Waals surface area contributed by atoms with Crippen LogP contribution in [0.3, 0.4) is 0 Å². The van der Waals surface area contributed by atoms with Gasteiger partial charge in [-0.25, -0.2) is 27.0 Å². The molecule has 12 nitrogen and oxygen atoms in total. The molecule has 2 aromatic heterocycles. The van der Waals surface area contributed by atoms with Gasteiger partial charge >= 0.3 is 5.95 Å². The van der Waals surface area contributed by atoms with Gasteiger partial charge in [-0.2, -0.15) is 4.31 Å². The molecule has 37 heavy (non-hydrogen) atoms. The number of H-pyrrole nitrogens is 2. The third kappa shape index (κ3) is 5.67. The molecule has 1 fully saturated rings. The monoisotopic (exact) mass is 543 g/mol. The number of anilines is 5. The molecular weight excluding hydrogens is 516 g/mol. The van der Waals surface area contributed by atoms with E-state index in [4.69, 9.17) is 5.14 Å². The minimum absolute atomic E-state index is 0.00137. The second-order valence-electron chi connectivity index (χ2n) is 8.72. The Hall–Kier alpha value is -3.72. The highest BCUT2D eigenvalue weighted by molar-refractivity contribution is 7.89. The van der Waals surface area contributed by atoms with Crippen LogP contribution in [0.25, 0.3) is 11.0 Å². The second-order valence-corrected chi connectivity index (χ2v) is 12.3. The molecule has 3 heterocycles. The Balaban J connectivity index is 1.33. The van der Waals surface area contributed by atoms with Crippen LogP contribution in [0.5, 0.6) is 0 Å². The van der Waals surface area contributed by atoms with Crippen LogP contribution in [-0.2, 0) is 20.0 Å². The van der Waals surface area contributed by atoms with Gasteiger partial charge in [0.2, 0.25) is 31.5 Å². The molecule has 0 aliphatic carbocycles. The summed E-state index contributed by atoms with van der Waals surface area (Å²) in [7, 11) is -7.01. The summed E-state index contributed by atoms with van der Waals surface area (Å²) in [6, 6.07) is 15.9. The number of fused-ring (bicyclic) bond motifs is 1. The molecular formula is C23H27N8O4S2+. The van der Waals surface area contributed by atoms with Crippen molar-refractivity contribution in [1.29, 1.82) is 0 Å². The number of hydrogen-bond donors (Lipinski definition) is 4. The zero-order valence-electron chi connectivity index (χ0n) is 20.0. The Kier molecular flexibility index (Phi) is 6.49. The summed E-state index contributed by atoms with van der Waals surface area (Å²) in [5, 5.41) is 12.5. The third-order valence-corrected chi connectivity index (χ3v) is 8.31. The zero-order valence-corrected chi connectivity index (χ0v) is 21.6. The van der Waals surface area contributed by atoms with E-state index in [9.17, 15) is 16.8 Å². The van der Waals surface area contributed by atoms with Gasteiger partial charge in [0.25, 0.3) is 0 Å². The second kappa shape index (κ2) is 9.63. The number of aromatic amines is 2. The van der Waals surface area contributed by atoms with Gasteiger partial charge in [-0.05, 0) is 48.5 Å². The van der Waals surface area contributed by atoms with Gasteiger partial charge in [-0.3, -0.25) is 10.3 Å². The van der Waals surface area contributed by atoms with Gasteiger partial charge in [0.15, 0.2) is 0 Å². The molecule has 1 saturated heterocycles. The standard InChI is InChI=1S/C23H26N8O4S2/c1-36(32,33)31-13-11-30(12-14-31)18-7-5-16(6-8-18)27-23-28-21-20(9-10-25-21)22(29-23)26-17-3-2-4-19(15-17)37(24,34)35/h2-10,15H,11-14H2,1H3,(H2,24,34,35)(H3,25,26,27,28,29)/p+1. The molecule has 0 atom stereocenters. The van der Waals surface area contributed by atoms with Crippen molar-refractivity contribution in [3.8, 4) is 0 Å². The van der Waals surface area contributed by atoms with E-state index in [0.717, 1.165) is 22.4 Å². The van der Waals surface area contributed by atoms with Crippen LogP contribution < -0.4 is 25.7 Å². The number of nitrogens with two attached hydrogens (primary N) is 1. The molecule has 1 aliphatic rings. The van der Waals surface area contributed by atoms with Gasteiger partial charge in [0, 0.05) is 43.8 Å². The first kappa shape index (κ1) is 25.0. The Bertz CT molecular complexity index is 1650. The highest BCUT2D eigenvalue weighted by atomic mass is 32.2. The van der Waals surface area contributed by atoms with Crippen LogP contribution in [-0.4, -0.2) is 63.5 Å². The Morgan fingerprint density at radius 3 is 2.35 bits per heavy atom. The lowest BCUT2D eigenvalue weighted by atomic mass is 10.2. The van der Waals surface area contributed by atoms with Crippen LogP contribution >= 0.6 is 0 Å². The fourth-order valence-corrected chi connectivity index (χ4v) is 5.59. The maximum atomic E-state index is 11.7. The number of benzene rings is 2. The predicted molar refractivity (Wildman–Crippen MR) is 142 cm³/mol. The number of piperazine rings is 1. The summed E-state index contributed by atoms with van der Waals surface area (Å²) in [6.07, 6.45) is 3.01. The quantitative estimate of drug-likeness (QED) is 0.273. The fraction of sp³-hybridized carbons (Fsp3) is 0.217. The number of sulfonamides is 2. The molecule has 0 amide bonds. The summed E-state index contributed by atoms with van der Waals surface area (Å²) in [5.74, 6) is 0.985. The normalized spacial score (nSPS) is 15.1. The lowest BCUT2D eigenvalue weighted by molar-refractivity contribution is -0.333. The first-order chi connectivity index (χ1) is 17.6. The van der Waals surface area contributed by atoms with Crippen molar-refractivity contribution >= 4 is 59.9 Å². The Morgan fingerprint density at radius 1 is 0.946 bits per heavy atom. The van der Waals surface area contributed by atoms with Crippen molar-refractivity contribution in [3.05, 3.63) is 60.8 Å². The lowest BCUT2D eigenvalue weighted by Crippen LogP contribution is -2.48. The SMILES string of the molecule is CS(=O)(=O)N1CCN(c2ccc(Nc3nc(Nc4cccc(S(N)(=O)=O)c4)c4cc[nH]c4[nH+]3)cc2)CC1. The fourth-order valence-electron chi connectivity index (χ4n) is 4.20. The topological polar surface area (TPSA) is 168 Å². The van der Waals surface area contributed by atoms with Crippen molar-refractivity contribution in [2.24, 2.45) is 5.14 Å². The number of hydrogen-bond acceptors (Lipinski definition) is 8. The van der Waals surface area contributed by atoms with Crippen LogP contribution in [0, 0.1) is 0 Å². The van der Waals surface area contributed by atoms with E-state index in [0.29, 0.717) is 43.6 Å². The number of rotatable bonds is 7. The van der Waals surface area contributed by atoms with Crippen molar-refractivity contribution in [2.75, 3.05) is 48.0 Å². The number of primary sulfonamides is 1. The molecule has 0 unspecified atom stereocenters. The Labute approximate surface area is 214 Å². The van der Waals surface area contributed by atoms with Crippen LogP contribution in [0.15, 0.2) is 65.7 Å². The highest BCUT2D eigenvalue weighted by Crippen LogP contribution is 2.26. The molecule has 0 bridgehead atoms. The molecule has 14 heteroatoms. The van der Waals surface area contributed by atoms with Crippen molar-refractivity contribution < 1.29 is 21.8 Å². The molecule has 194 valence electrons. The van der Waals surface area contributed by atoms with E-state index in [1.54, 1.807) is 18.3 Å². The summed E-state index contributed by atoms with van der Waals surface area (Å²) >= 11 is 0. The smallest absolute Gasteiger partial charge is 0.351 e. The van der Waals surface area contributed by atoms with E-state index in [2.05, 4.69) is 30.5 Å². The van der Waals surface area contributed by atoms with Gasteiger partial charge in [0.1, 0.15) is 0 Å². The average Bonchev–Trinajstić information content (AvgIpc) is 3.33. The Morgan fingerprint density at radius 2 is 1.68 bits per heavy atom. The lowest BCUT2D eigenvalue weighted by Gasteiger charge is -2.34. The largest absolute Gasteiger partial charge is 0.369 e. The summed E-state index contributed by atoms with van der Waals surface area (Å²) in [5.41, 5.74) is 3.06. The summed E-state index contributed by atoms with van der Waals surface area (Å²) in [4.78, 5) is 13.1. The molecule has 0 saturated carbocycles. The van der Waals surface area contributed by atoms with E-state index in [-0.39, 0.29) is 4.90 Å². The first-order valence-corrected chi connectivity index (χ1v) is 14.8. The predicted octanol–water partition coefficient (Wildman–Crippen LogP) is 1.59. The maximum absolute atomic E-state index is 11.7. The minimum atomic E-state index is -3.84. The third-order valence-electron chi connectivity index (χ3n) is 6.10. The first-order valence-electron chi connectivity index (χ1n) is 11.4. The number of nitrogens with one attached hydrogen (secondary N) is 4. The van der Waals surface area contributed by atoms with Gasteiger partial charge in [-0.15, -0.1) is 0 Å². The number of aromatic nitrogens is 3. The highest BCUT2D eigenvalue weighted by Gasteiger charge is 2.23. The van der Waals surface area contributed by atoms with Gasteiger partial charge in [-0.1, -0.05) is 11.1 Å². The zero-order chi connectivity index (χ0) is 26.2. The molecule has 4 aromatic rings. The molecule has 2 aromatic carbocycles. The van der Waals surface area contributed by atoms with Crippen LogP contribution in [0.1, 0.15) is 0 Å². The van der Waals surface area contributed by atoms with Crippen molar-refractivity contribution in [1.82, 2.24) is 14.3 Å². The molecule has 0 spiro atoms. The summed E-state index contributed by atoms with van der Waals surface area (Å²) < 4.78 is 48.4. The molecule has 0 radical (unpaired) electrons. The molecule has 5 rings (SSSR count). The van der Waals surface area contributed by atoms with Crippen LogP contribution in [0.4, 0.5) is 28.8 Å². The van der Waals surface area contributed by atoms with Crippen molar-refractivity contribution in [3.63, 3.8) is 0 Å². The van der Waals surface area contributed by atoms with E-state index in [1.807, 2.05) is 30.3 Å². The number of nitrogens with zero attached hydrogens (tertiary/aromatic N) is 3. The van der Waals surface area contributed by atoms with Gasteiger partial charge < -0.3 is 10.2 Å². The average molecular weight is 544 g/mol. The summed E-state index contributed by atoms with van der Waals surface area (Å²) in [6.45, 7) is 2.17. The van der Waals surface area contributed by atoms with E-state index in [1.165, 1.54) is 22.7 Å². The van der Waals surface area contributed by atoms with E-state index >= 15 is 0 Å². The maximum Gasteiger partial charge on any atom is 0.351 e. The van der Waals surface area contributed by atoms with Crippen LogP contribution in [0.2, 0.25) is 0 Å². The molecule has 1 aliphatic heterocycles. The van der Waals surface area contributed by atoms with E-state index < -0.39 is 20.0 Å². The molecule has 6 N–H and O–H groups in total. The van der Waals surface area contributed by atoms with Crippen molar-refractivity contribution in [2.45, 2.75) is 4.90 Å². The van der Waals surface area contributed by atoms with Gasteiger partial charge in [0.05, 0.1) is 22.2 Å².